The van der Waals surface area contributed by atoms with E-state index in [1.165, 1.54) is 12.1 Å². The van der Waals surface area contributed by atoms with Crippen LogP contribution in [-0.2, 0) is 6.18 Å². The maximum Gasteiger partial charge on any atom is 0.416 e. The van der Waals surface area contributed by atoms with E-state index < -0.39 is 17.8 Å². The molecule has 1 aromatic carbocycles. The summed E-state index contributed by atoms with van der Waals surface area (Å²) in [7, 11) is 1.98. The van der Waals surface area contributed by atoms with Crippen molar-refractivity contribution in [2.24, 2.45) is 0 Å². The average Bonchev–Trinajstić information content (AvgIpc) is 2.47. The summed E-state index contributed by atoms with van der Waals surface area (Å²) in [5.74, 6) is 0.0787. The summed E-state index contributed by atoms with van der Waals surface area (Å²) in [6.45, 7) is 2.97. The van der Waals surface area contributed by atoms with Crippen LogP contribution in [0, 0.1) is 0 Å². The highest BCUT2D eigenvalue weighted by atomic mass is 19.4. The van der Waals surface area contributed by atoms with Gasteiger partial charge in [-0.25, -0.2) is 0 Å². The molecule has 0 spiro atoms. The van der Waals surface area contributed by atoms with Crippen molar-refractivity contribution in [2.75, 3.05) is 13.6 Å². The zero-order valence-corrected chi connectivity index (χ0v) is 13.1. The highest BCUT2D eigenvalue weighted by Crippen LogP contribution is 2.37. The Kier molecular flexibility index (Phi) is 5.50. The number of hydrogen-bond acceptors (Lipinski definition) is 2. The topological polar surface area (TPSA) is 23.5 Å². The number of likely N-dealkylation sites (N-methyl/N-ethyl adjacent to an activating group) is 1. The first kappa shape index (κ1) is 17.3. The molecule has 0 unspecified atom stereocenters. The fourth-order valence-corrected chi connectivity index (χ4v) is 3.39. The fourth-order valence-electron chi connectivity index (χ4n) is 3.39. The smallest absolute Gasteiger partial charge is 0.391 e. The number of alkyl halides is 3. The number of benzene rings is 1. The van der Waals surface area contributed by atoms with Gasteiger partial charge in [0, 0.05) is 6.04 Å². The maximum atomic E-state index is 12.9. The Hall–Kier alpha value is -1.07. The third kappa shape index (κ3) is 4.02. The van der Waals surface area contributed by atoms with Crippen LogP contribution in [0.4, 0.5) is 13.2 Å². The van der Waals surface area contributed by atoms with Gasteiger partial charge in [0.05, 0.1) is 11.7 Å². The summed E-state index contributed by atoms with van der Waals surface area (Å²) in [6, 6.07) is 5.65. The summed E-state index contributed by atoms with van der Waals surface area (Å²) in [6.07, 6.45) is -1.62. The van der Waals surface area contributed by atoms with E-state index in [1.54, 1.807) is 6.07 Å². The predicted molar refractivity (Wildman–Crippen MR) is 80.8 cm³/mol. The molecule has 0 bridgehead atoms. The fraction of sp³-hybridized carbons (Fsp3) is 0.647. The van der Waals surface area contributed by atoms with Gasteiger partial charge < -0.3 is 10.0 Å². The van der Waals surface area contributed by atoms with E-state index >= 15 is 0 Å². The second-order valence-electron chi connectivity index (χ2n) is 6.25. The molecule has 0 amide bonds. The molecule has 0 aliphatic heterocycles. The van der Waals surface area contributed by atoms with E-state index in [4.69, 9.17) is 0 Å². The Morgan fingerprint density at radius 3 is 2.64 bits per heavy atom. The van der Waals surface area contributed by atoms with Gasteiger partial charge in [-0.05, 0) is 56.8 Å². The summed E-state index contributed by atoms with van der Waals surface area (Å²) in [5.41, 5.74) is 0.145. The first-order chi connectivity index (χ1) is 10.3. The van der Waals surface area contributed by atoms with Crippen LogP contribution in [0.15, 0.2) is 24.3 Å². The van der Waals surface area contributed by atoms with Gasteiger partial charge in [0.1, 0.15) is 0 Å². The second-order valence-corrected chi connectivity index (χ2v) is 6.25. The van der Waals surface area contributed by atoms with E-state index in [2.05, 4.69) is 11.8 Å². The van der Waals surface area contributed by atoms with E-state index in [9.17, 15) is 18.3 Å². The Balaban J connectivity index is 2.16. The van der Waals surface area contributed by atoms with Crippen molar-refractivity contribution in [3.8, 4) is 0 Å². The first-order valence-corrected chi connectivity index (χ1v) is 7.88. The van der Waals surface area contributed by atoms with Crippen molar-refractivity contribution >= 4 is 0 Å². The zero-order chi connectivity index (χ0) is 16.3. The monoisotopic (exact) mass is 315 g/mol. The van der Waals surface area contributed by atoms with Gasteiger partial charge >= 0.3 is 6.18 Å². The van der Waals surface area contributed by atoms with E-state index in [1.807, 2.05) is 7.05 Å². The van der Waals surface area contributed by atoms with Crippen molar-refractivity contribution in [1.82, 2.24) is 4.90 Å². The minimum atomic E-state index is -4.30. The summed E-state index contributed by atoms with van der Waals surface area (Å²) < 4.78 is 38.6. The van der Waals surface area contributed by atoms with Gasteiger partial charge in [0.25, 0.3) is 0 Å². The van der Waals surface area contributed by atoms with Crippen LogP contribution in [0.2, 0.25) is 0 Å². The number of halogens is 3. The molecule has 0 aromatic heterocycles. The molecule has 2 nitrogen and oxygen atoms in total. The molecule has 1 N–H and O–H groups in total. The Morgan fingerprint density at radius 1 is 1.27 bits per heavy atom. The average molecular weight is 315 g/mol. The SMILES string of the molecule is CCCN(C)[C@H]1C[C@@H](c2cccc(C(F)(F)F)c2)CC[C@@H]1O. The van der Waals surface area contributed by atoms with Gasteiger partial charge in [-0.3, -0.25) is 0 Å². The first-order valence-electron chi connectivity index (χ1n) is 7.88. The van der Waals surface area contributed by atoms with E-state index in [0.717, 1.165) is 31.0 Å². The number of aliphatic hydroxyl groups is 1. The van der Waals surface area contributed by atoms with Crippen LogP contribution in [0.3, 0.4) is 0 Å². The molecule has 1 fully saturated rings. The standard InChI is InChI=1S/C17H24F3NO/c1-3-9-21(2)15-11-13(7-8-16(15)22)12-5-4-6-14(10-12)17(18,19)20/h4-6,10,13,15-16,22H,3,7-9,11H2,1-2H3/t13-,15-,16-/m0/s1. The molecule has 124 valence electrons. The van der Waals surface area contributed by atoms with Gasteiger partial charge in [-0.1, -0.05) is 25.1 Å². The number of nitrogens with zero attached hydrogens (tertiary/aromatic N) is 1. The lowest BCUT2D eigenvalue weighted by Gasteiger charge is -2.39. The Morgan fingerprint density at radius 2 is 2.00 bits per heavy atom. The quantitative estimate of drug-likeness (QED) is 0.906. The molecular weight excluding hydrogens is 291 g/mol. The lowest BCUT2D eigenvalue weighted by Crippen LogP contribution is -2.45. The molecule has 0 saturated heterocycles. The number of hydrogen-bond donors (Lipinski definition) is 1. The highest BCUT2D eigenvalue weighted by molar-refractivity contribution is 5.29. The normalized spacial score (nSPS) is 26.4. The highest BCUT2D eigenvalue weighted by Gasteiger charge is 2.34. The Labute approximate surface area is 129 Å². The summed E-state index contributed by atoms with van der Waals surface area (Å²) in [4.78, 5) is 2.13. The molecule has 5 heteroatoms. The molecule has 22 heavy (non-hydrogen) atoms. The third-order valence-electron chi connectivity index (χ3n) is 4.61. The van der Waals surface area contributed by atoms with Crippen LogP contribution >= 0.6 is 0 Å². The molecule has 1 aromatic rings. The van der Waals surface area contributed by atoms with Crippen LogP contribution in [0.5, 0.6) is 0 Å². The zero-order valence-electron chi connectivity index (χ0n) is 13.1. The predicted octanol–water partition coefficient (Wildman–Crippen LogP) is 4.04. The largest absolute Gasteiger partial charge is 0.416 e. The molecule has 1 aliphatic carbocycles. The van der Waals surface area contributed by atoms with Crippen molar-refractivity contribution in [1.29, 1.82) is 0 Å². The summed E-state index contributed by atoms with van der Waals surface area (Å²) >= 11 is 0. The third-order valence-corrected chi connectivity index (χ3v) is 4.61. The molecule has 1 saturated carbocycles. The molecular formula is C17H24F3NO. The van der Waals surface area contributed by atoms with E-state index in [0.29, 0.717) is 12.8 Å². The van der Waals surface area contributed by atoms with Gasteiger partial charge in [0.2, 0.25) is 0 Å². The van der Waals surface area contributed by atoms with Gasteiger partial charge in [0.15, 0.2) is 0 Å². The minimum Gasteiger partial charge on any atom is -0.391 e. The van der Waals surface area contributed by atoms with Crippen molar-refractivity contribution in [2.45, 2.75) is 56.8 Å². The molecule has 3 atom stereocenters. The van der Waals surface area contributed by atoms with Crippen LogP contribution in [0.25, 0.3) is 0 Å². The second kappa shape index (κ2) is 7.01. The van der Waals surface area contributed by atoms with Crippen LogP contribution < -0.4 is 0 Å². The number of aliphatic hydroxyl groups excluding tert-OH is 1. The molecule has 0 radical (unpaired) electrons. The van der Waals surface area contributed by atoms with Crippen molar-refractivity contribution < 1.29 is 18.3 Å². The Bertz CT molecular complexity index is 489. The maximum absolute atomic E-state index is 12.9. The van der Waals surface area contributed by atoms with Crippen LogP contribution in [-0.4, -0.2) is 35.7 Å². The molecule has 2 rings (SSSR count). The summed E-state index contributed by atoms with van der Waals surface area (Å²) in [5, 5.41) is 10.2. The molecule has 0 heterocycles. The molecule has 1 aliphatic rings. The van der Waals surface area contributed by atoms with Crippen molar-refractivity contribution in [3.63, 3.8) is 0 Å². The van der Waals surface area contributed by atoms with Gasteiger partial charge in [-0.2, -0.15) is 13.2 Å². The van der Waals surface area contributed by atoms with E-state index in [-0.39, 0.29) is 12.0 Å². The minimum absolute atomic E-state index is 0.0215. The number of rotatable bonds is 4. The van der Waals surface area contributed by atoms with Crippen molar-refractivity contribution in [3.05, 3.63) is 35.4 Å². The lowest BCUT2D eigenvalue weighted by atomic mass is 9.79. The lowest BCUT2D eigenvalue weighted by molar-refractivity contribution is -0.137. The van der Waals surface area contributed by atoms with Gasteiger partial charge in [-0.15, -0.1) is 0 Å². The van der Waals surface area contributed by atoms with Crippen LogP contribution in [0.1, 0.15) is 49.7 Å².